The molecule has 0 radical (unpaired) electrons. The fourth-order valence-corrected chi connectivity index (χ4v) is 3.41. The molecule has 0 saturated carbocycles. The molecule has 2 unspecified atom stereocenters. The summed E-state index contributed by atoms with van der Waals surface area (Å²) in [4.78, 5) is 17.0. The Bertz CT molecular complexity index is 727. The summed E-state index contributed by atoms with van der Waals surface area (Å²) < 4.78 is 0. The largest absolute Gasteiger partial charge is 0.506 e. The molecule has 0 bridgehead atoms. The first-order valence-electron chi connectivity index (χ1n) is 9.18. The molecule has 2 aromatic rings. The van der Waals surface area contributed by atoms with Crippen LogP contribution in [0.15, 0.2) is 54.6 Å². The van der Waals surface area contributed by atoms with Crippen molar-refractivity contribution in [2.24, 2.45) is 0 Å². The van der Waals surface area contributed by atoms with Crippen LogP contribution in [0, 0.1) is 0 Å². The van der Waals surface area contributed by atoms with Gasteiger partial charge in [0.25, 0.3) is 0 Å². The molecule has 0 aliphatic carbocycles. The third kappa shape index (κ3) is 4.17. The molecule has 1 aliphatic heterocycles. The van der Waals surface area contributed by atoms with Crippen molar-refractivity contribution in [1.29, 1.82) is 0 Å². The predicted octanol–water partition coefficient (Wildman–Crippen LogP) is 2.78. The summed E-state index contributed by atoms with van der Waals surface area (Å²) in [7, 11) is 0. The van der Waals surface area contributed by atoms with Crippen LogP contribution < -0.4 is 10.2 Å². The number of phenolic OH excluding ortho intramolecular Hbond substituents is 1. The Kier molecular flexibility index (Phi) is 5.78. The highest BCUT2D eigenvalue weighted by Crippen LogP contribution is 2.27. The van der Waals surface area contributed by atoms with Crippen LogP contribution in [0.2, 0.25) is 0 Å². The number of rotatable bonds is 5. The Morgan fingerprint density at radius 2 is 1.58 bits per heavy atom. The van der Waals surface area contributed by atoms with Gasteiger partial charge in [-0.25, -0.2) is 0 Å². The molecule has 138 valence electrons. The maximum atomic E-state index is 12.6. The summed E-state index contributed by atoms with van der Waals surface area (Å²) in [5, 5.41) is 13.1. The molecule has 2 atom stereocenters. The van der Waals surface area contributed by atoms with E-state index in [2.05, 4.69) is 15.1 Å². The van der Waals surface area contributed by atoms with Crippen molar-refractivity contribution in [1.82, 2.24) is 10.2 Å². The number of carbonyl (C=O) groups is 1. The standard InChI is InChI=1S/C21H27N3O2/c1-16(18-8-4-3-5-9-18)22-21(26)17(2)23-12-14-24(15-13-23)19-10-6-7-11-20(19)25/h3-11,16-17,25H,12-15H2,1-2H3,(H,22,26). The second kappa shape index (κ2) is 8.23. The summed E-state index contributed by atoms with van der Waals surface area (Å²) in [6, 6.07) is 17.2. The number of para-hydroxylation sites is 2. The summed E-state index contributed by atoms with van der Waals surface area (Å²) in [6.45, 7) is 7.15. The Morgan fingerprint density at radius 1 is 0.962 bits per heavy atom. The average Bonchev–Trinajstić information content (AvgIpc) is 2.68. The molecule has 1 amide bonds. The lowest BCUT2D eigenvalue weighted by Crippen LogP contribution is -2.54. The second-order valence-electron chi connectivity index (χ2n) is 6.83. The maximum Gasteiger partial charge on any atom is 0.237 e. The van der Waals surface area contributed by atoms with Crippen LogP contribution in [-0.4, -0.2) is 48.1 Å². The highest BCUT2D eigenvalue weighted by atomic mass is 16.3. The van der Waals surface area contributed by atoms with Gasteiger partial charge in [0.2, 0.25) is 5.91 Å². The Balaban J connectivity index is 1.54. The van der Waals surface area contributed by atoms with Crippen LogP contribution in [0.1, 0.15) is 25.5 Å². The van der Waals surface area contributed by atoms with Crippen molar-refractivity contribution in [3.63, 3.8) is 0 Å². The molecule has 0 aromatic heterocycles. The minimum absolute atomic E-state index is 0.00583. The molecule has 1 fully saturated rings. The van der Waals surface area contributed by atoms with E-state index in [0.717, 1.165) is 37.4 Å². The minimum atomic E-state index is -0.173. The number of phenols is 1. The fourth-order valence-electron chi connectivity index (χ4n) is 3.41. The van der Waals surface area contributed by atoms with Crippen LogP contribution in [0.5, 0.6) is 5.75 Å². The third-order valence-corrected chi connectivity index (χ3v) is 5.12. The fraction of sp³-hybridized carbons (Fsp3) is 0.381. The van der Waals surface area contributed by atoms with Gasteiger partial charge in [-0.05, 0) is 31.5 Å². The normalized spacial score (nSPS) is 17.5. The predicted molar refractivity (Wildman–Crippen MR) is 104 cm³/mol. The molecule has 1 heterocycles. The van der Waals surface area contributed by atoms with Crippen molar-refractivity contribution in [2.75, 3.05) is 31.1 Å². The number of aromatic hydroxyl groups is 1. The summed E-state index contributed by atoms with van der Waals surface area (Å²) in [5.41, 5.74) is 1.97. The molecule has 1 aliphatic rings. The van der Waals surface area contributed by atoms with Gasteiger partial charge < -0.3 is 15.3 Å². The van der Waals surface area contributed by atoms with Crippen LogP contribution in [0.3, 0.4) is 0 Å². The summed E-state index contributed by atoms with van der Waals surface area (Å²) in [6.07, 6.45) is 0. The molecule has 1 saturated heterocycles. The molecule has 26 heavy (non-hydrogen) atoms. The summed E-state index contributed by atoms with van der Waals surface area (Å²) >= 11 is 0. The number of anilines is 1. The molecular formula is C21H27N3O2. The van der Waals surface area contributed by atoms with Gasteiger partial charge in [-0.15, -0.1) is 0 Å². The first-order valence-corrected chi connectivity index (χ1v) is 9.18. The number of hydrogen-bond acceptors (Lipinski definition) is 4. The molecule has 5 heteroatoms. The molecule has 3 rings (SSSR count). The zero-order chi connectivity index (χ0) is 18.5. The van der Waals surface area contributed by atoms with Crippen LogP contribution >= 0.6 is 0 Å². The summed E-state index contributed by atoms with van der Waals surface area (Å²) in [5.74, 6) is 0.362. The van der Waals surface area contributed by atoms with Gasteiger partial charge in [-0.3, -0.25) is 9.69 Å². The van der Waals surface area contributed by atoms with Gasteiger partial charge in [-0.1, -0.05) is 42.5 Å². The quantitative estimate of drug-likeness (QED) is 0.868. The lowest BCUT2D eigenvalue weighted by atomic mass is 10.1. The zero-order valence-corrected chi connectivity index (χ0v) is 15.4. The number of benzene rings is 2. The zero-order valence-electron chi connectivity index (χ0n) is 15.4. The van der Waals surface area contributed by atoms with Crippen LogP contribution in [-0.2, 0) is 4.79 Å². The number of hydrogen-bond donors (Lipinski definition) is 2. The number of nitrogens with one attached hydrogen (secondary N) is 1. The number of carbonyl (C=O) groups excluding carboxylic acids is 1. The van der Waals surface area contributed by atoms with E-state index < -0.39 is 0 Å². The molecule has 0 spiro atoms. The van der Waals surface area contributed by atoms with E-state index in [-0.39, 0.29) is 18.0 Å². The topological polar surface area (TPSA) is 55.8 Å². The van der Waals surface area contributed by atoms with Gasteiger partial charge in [0, 0.05) is 26.2 Å². The van der Waals surface area contributed by atoms with Crippen molar-refractivity contribution in [3.8, 4) is 5.75 Å². The van der Waals surface area contributed by atoms with E-state index in [9.17, 15) is 9.90 Å². The lowest BCUT2D eigenvalue weighted by Gasteiger charge is -2.38. The maximum absolute atomic E-state index is 12.6. The first-order chi connectivity index (χ1) is 12.6. The van der Waals surface area contributed by atoms with E-state index in [1.54, 1.807) is 6.07 Å². The SMILES string of the molecule is CC(NC(=O)C(C)N1CCN(c2ccccc2O)CC1)c1ccccc1. The van der Waals surface area contributed by atoms with Crippen LogP contribution in [0.25, 0.3) is 0 Å². The molecular weight excluding hydrogens is 326 g/mol. The Labute approximate surface area is 155 Å². The van der Waals surface area contributed by atoms with Gasteiger partial charge in [0.1, 0.15) is 5.75 Å². The smallest absolute Gasteiger partial charge is 0.237 e. The highest BCUT2D eigenvalue weighted by Gasteiger charge is 2.27. The lowest BCUT2D eigenvalue weighted by molar-refractivity contribution is -0.126. The third-order valence-electron chi connectivity index (χ3n) is 5.12. The average molecular weight is 353 g/mol. The second-order valence-corrected chi connectivity index (χ2v) is 6.83. The van der Waals surface area contributed by atoms with E-state index in [4.69, 9.17) is 0 Å². The van der Waals surface area contributed by atoms with E-state index in [0.29, 0.717) is 5.75 Å². The molecule has 2 N–H and O–H groups in total. The minimum Gasteiger partial charge on any atom is -0.506 e. The number of amides is 1. The first kappa shape index (κ1) is 18.3. The van der Waals surface area contributed by atoms with Crippen molar-refractivity contribution in [3.05, 3.63) is 60.2 Å². The highest BCUT2D eigenvalue weighted by molar-refractivity contribution is 5.81. The van der Waals surface area contributed by atoms with Crippen molar-refractivity contribution >= 4 is 11.6 Å². The number of piperazine rings is 1. The Hall–Kier alpha value is -2.53. The van der Waals surface area contributed by atoms with Gasteiger partial charge >= 0.3 is 0 Å². The van der Waals surface area contributed by atoms with Gasteiger partial charge in [-0.2, -0.15) is 0 Å². The van der Waals surface area contributed by atoms with E-state index in [1.807, 2.05) is 62.4 Å². The van der Waals surface area contributed by atoms with Crippen molar-refractivity contribution < 1.29 is 9.90 Å². The Morgan fingerprint density at radius 3 is 2.23 bits per heavy atom. The number of nitrogens with zero attached hydrogens (tertiary/aromatic N) is 2. The van der Waals surface area contributed by atoms with E-state index in [1.165, 1.54) is 0 Å². The van der Waals surface area contributed by atoms with Gasteiger partial charge in [0.15, 0.2) is 0 Å². The molecule has 5 nitrogen and oxygen atoms in total. The monoisotopic (exact) mass is 353 g/mol. The van der Waals surface area contributed by atoms with E-state index >= 15 is 0 Å². The molecule has 2 aromatic carbocycles. The van der Waals surface area contributed by atoms with Crippen molar-refractivity contribution in [2.45, 2.75) is 25.9 Å². The van der Waals surface area contributed by atoms with Crippen LogP contribution in [0.4, 0.5) is 5.69 Å². The van der Waals surface area contributed by atoms with Gasteiger partial charge in [0.05, 0.1) is 17.8 Å².